The van der Waals surface area contributed by atoms with E-state index in [1.54, 1.807) is 11.4 Å². The van der Waals surface area contributed by atoms with Crippen molar-refractivity contribution in [3.63, 3.8) is 0 Å². The van der Waals surface area contributed by atoms with Crippen LogP contribution in [-0.4, -0.2) is 28.2 Å². The third-order valence-electron chi connectivity index (χ3n) is 3.79. The Balaban J connectivity index is 1.70. The van der Waals surface area contributed by atoms with Crippen LogP contribution in [0.3, 0.4) is 0 Å². The Hall–Kier alpha value is -2.82. The highest BCUT2D eigenvalue weighted by molar-refractivity contribution is 5.69. The SMILES string of the molecule is CN(C)c1ccc(C2=CON(c3ccc(N(C)C)cc3)N2)cc1. The molecule has 23 heavy (non-hydrogen) atoms. The second kappa shape index (κ2) is 6.12. The summed E-state index contributed by atoms with van der Waals surface area (Å²) in [6.07, 6.45) is 1.73. The van der Waals surface area contributed by atoms with Crippen LogP contribution in [-0.2, 0) is 4.84 Å². The Morgan fingerprint density at radius 2 is 1.30 bits per heavy atom. The van der Waals surface area contributed by atoms with Crippen LogP contribution in [0.2, 0.25) is 0 Å². The molecule has 2 aromatic carbocycles. The molecule has 5 heteroatoms. The molecule has 0 unspecified atom stereocenters. The van der Waals surface area contributed by atoms with Gasteiger partial charge in [-0.2, -0.15) is 0 Å². The van der Waals surface area contributed by atoms with Gasteiger partial charge in [0.25, 0.3) is 0 Å². The number of anilines is 3. The fourth-order valence-corrected chi connectivity index (χ4v) is 2.35. The Bertz CT molecular complexity index is 690. The molecule has 1 aliphatic rings. The first-order valence-electron chi connectivity index (χ1n) is 7.53. The minimum atomic E-state index is 0.937. The molecule has 1 aliphatic heterocycles. The van der Waals surface area contributed by atoms with Gasteiger partial charge in [-0.1, -0.05) is 12.1 Å². The number of hydrogen-bond acceptors (Lipinski definition) is 5. The van der Waals surface area contributed by atoms with Crippen LogP contribution in [0.5, 0.6) is 0 Å². The van der Waals surface area contributed by atoms with E-state index in [4.69, 9.17) is 4.84 Å². The maximum Gasteiger partial charge on any atom is 0.147 e. The van der Waals surface area contributed by atoms with Crippen LogP contribution in [0.15, 0.2) is 54.8 Å². The third-order valence-corrected chi connectivity index (χ3v) is 3.79. The molecular weight excluding hydrogens is 288 g/mol. The molecule has 3 rings (SSSR count). The van der Waals surface area contributed by atoms with Gasteiger partial charge in [-0.25, -0.2) is 0 Å². The molecule has 0 spiro atoms. The quantitative estimate of drug-likeness (QED) is 0.938. The first-order valence-corrected chi connectivity index (χ1v) is 7.53. The predicted molar refractivity (Wildman–Crippen MR) is 96.2 cm³/mol. The Kier molecular flexibility index (Phi) is 4.02. The highest BCUT2D eigenvalue weighted by atomic mass is 16.7. The number of nitrogens with one attached hydrogen (secondary N) is 1. The summed E-state index contributed by atoms with van der Waals surface area (Å²) in [5.74, 6) is 0. The van der Waals surface area contributed by atoms with Crippen molar-refractivity contribution >= 4 is 22.8 Å². The molecule has 0 radical (unpaired) electrons. The number of hydrazine groups is 1. The number of hydrogen-bond donors (Lipinski definition) is 1. The average Bonchev–Trinajstić information content (AvgIpc) is 3.05. The molecule has 120 valence electrons. The minimum Gasteiger partial charge on any atom is -0.378 e. The van der Waals surface area contributed by atoms with Gasteiger partial charge in [0.2, 0.25) is 0 Å². The second-order valence-corrected chi connectivity index (χ2v) is 5.90. The molecule has 0 saturated heterocycles. The van der Waals surface area contributed by atoms with Crippen molar-refractivity contribution in [2.24, 2.45) is 0 Å². The van der Waals surface area contributed by atoms with E-state index in [9.17, 15) is 0 Å². The van der Waals surface area contributed by atoms with Crippen molar-refractivity contribution in [3.8, 4) is 0 Å². The molecular formula is C18H22N4O. The van der Waals surface area contributed by atoms with E-state index in [1.807, 2.05) is 40.3 Å². The molecule has 0 bridgehead atoms. The molecule has 0 saturated carbocycles. The van der Waals surface area contributed by atoms with Gasteiger partial charge in [-0.15, -0.1) is 5.17 Å². The standard InChI is InChI=1S/C18H22N4O/c1-20(2)15-7-5-14(6-8-15)18-13-23-22(19-18)17-11-9-16(10-12-17)21(3)4/h5-13,19H,1-4H3. The lowest BCUT2D eigenvalue weighted by atomic mass is 10.1. The molecule has 2 aromatic rings. The summed E-state index contributed by atoms with van der Waals surface area (Å²) in [4.78, 5) is 9.77. The van der Waals surface area contributed by atoms with Crippen molar-refractivity contribution in [2.75, 3.05) is 43.2 Å². The van der Waals surface area contributed by atoms with Crippen molar-refractivity contribution in [1.82, 2.24) is 5.43 Å². The molecule has 0 amide bonds. The molecule has 0 atom stereocenters. The third kappa shape index (κ3) is 3.18. The van der Waals surface area contributed by atoms with Crippen molar-refractivity contribution in [1.29, 1.82) is 0 Å². The van der Waals surface area contributed by atoms with Gasteiger partial charge >= 0.3 is 0 Å². The molecule has 0 aliphatic carbocycles. The molecule has 0 aromatic heterocycles. The van der Waals surface area contributed by atoms with Gasteiger partial charge in [0.15, 0.2) is 0 Å². The summed E-state index contributed by atoms with van der Waals surface area (Å²) in [5.41, 5.74) is 8.56. The zero-order chi connectivity index (χ0) is 16.4. The lowest BCUT2D eigenvalue weighted by Crippen LogP contribution is -2.30. The van der Waals surface area contributed by atoms with E-state index in [0.717, 1.165) is 22.6 Å². The summed E-state index contributed by atoms with van der Waals surface area (Å²) in [6, 6.07) is 16.5. The smallest absolute Gasteiger partial charge is 0.147 e. The predicted octanol–water partition coefficient (Wildman–Crippen LogP) is 3.07. The minimum absolute atomic E-state index is 0.937. The molecule has 1 N–H and O–H groups in total. The van der Waals surface area contributed by atoms with Gasteiger partial charge in [0, 0.05) is 45.1 Å². The van der Waals surface area contributed by atoms with Crippen molar-refractivity contribution in [3.05, 3.63) is 60.4 Å². The van der Waals surface area contributed by atoms with Gasteiger partial charge in [0.05, 0.1) is 5.69 Å². The van der Waals surface area contributed by atoms with E-state index >= 15 is 0 Å². The maximum atomic E-state index is 5.62. The summed E-state index contributed by atoms with van der Waals surface area (Å²) in [6.45, 7) is 0. The number of rotatable bonds is 4. The maximum absolute atomic E-state index is 5.62. The van der Waals surface area contributed by atoms with E-state index in [1.165, 1.54) is 5.69 Å². The topological polar surface area (TPSA) is 31.0 Å². The molecule has 5 nitrogen and oxygen atoms in total. The second-order valence-electron chi connectivity index (χ2n) is 5.90. The lowest BCUT2D eigenvalue weighted by Gasteiger charge is -2.19. The van der Waals surface area contributed by atoms with E-state index in [0.29, 0.717) is 0 Å². The highest BCUT2D eigenvalue weighted by Gasteiger charge is 2.17. The monoisotopic (exact) mass is 310 g/mol. The normalized spacial score (nSPS) is 13.2. The molecule has 1 heterocycles. The zero-order valence-electron chi connectivity index (χ0n) is 13.9. The van der Waals surface area contributed by atoms with E-state index in [-0.39, 0.29) is 0 Å². The fourth-order valence-electron chi connectivity index (χ4n) is 2.35. The Morgan fingerprint density at radius 1 is 0.783 bits per heavy atom. The summed E-state index contributed by atoms with van der Waals surface area (Å²) < 4.78 is 0. The van der Waals surface area contributed by atoms with Crippen LogP contribution < -0.4 is 20.4 Å². The zero-order valence-corrected chi connectivity index (χ0v) is 13.9. The van der Waals surface area contributed by atoms with Gasteiger partial charge in [-0.05, 0) is 36.4 Å². The van der Waals surface area contributed by atoms with E-state index in [2.05, 4.69) is 51.6 Å². The number of benzene rings is 2. The number of nitrogens with zero attached hydrogens (tertiary/aromatic N) is 3. The van der Waals surface area contributed by atoms with Gasteiger partial charge in [-0.3, -0.25) is 5.43 Å². The van der Waals surface area contributed by atoms with Crippen LogP contribution in [0.4, 0.5) is 17.1 Å². The Labute approximate surface area is 137 Å². The highest BCUT2D eigenvalue weighted by Crippen LogP contribution is 2.25. The first kappa shape index (κ1) is 15.1. The van der Waals surface area contributed by atoms with Crippen LogP contribution in [0, 0.1) is 0 Å². The Morgan fingerprint density at radius 3 is 1.83 bits per heavy atom. The summed E-state index contributed by atoms with van der Waals surface area (Å²) in [5, 5.41) is 1.66. The van der Waals surface area contributed by atoms with Crippen LogP contribution >= 0.6 is 0 Å². The van der Waals surface area contributed by atoms with E-state index < -0.39 is 0 Å². The summed E-state index contributed by atoms with van der Waals surface area (Å²) in [7, 11) is 8.11. The molecule has 0 fully saturated rings. The summed E-state index contributed by atoms with van der Waals surface area (Å²) >= 11 is 0. The first-order chi connectivity index (χ1) is 11.0. The largest absolute Gasteiger partial charge is 0.378 e. The van der Waals surface area contributed by atoms with Crippen molar-refractivity contribution < 1.29 is 4.84 Å². The van der Waals surface area contributed by atoms with Gasteiger partial charge in [0.1, 0.15) is 12.0 Å². The fraction of sp³-hybridized carbons (Fsp3) is 0.222. The van der Waals surface area contributed by atoms with Crippen LogP contribution in [0.25, 0.3) is 5.70 Å². The lowest BCUT2D eigenvalue weighted by molar-refractivity contribution is 0.222. The van der Waals surface area contributed by atoms with Crippen molar-refractivity contribution in [2.45, 2.75) is 0 Å². The average molecular weight is 310 g/mol. The van der Waals surface area contributed by atoms with Crippen LogP contribution in [0.1, 0.15) is 5.56 Å². The van der Waals surface area contributed by atoms with Gasteiger partial charge < -0.3 is 14.6 Å².